The minimum absolute atomic E-state index is 0.00888. The van der Waals surface area contributed by atoms with E-state index in [0.717, 1.165) is 19.4 Å². The summed E-state index contributed by atoms with van der Waals surface area (Å²) in [6, 6.07) is 0. The van der Waals surface area contributed by atoms with Crippen LogP contribution in [-0.4, -0.2) is 55.6 Å². The van der Waals surface area contributed by atoms with Crippen LogP contribution >= 0.6 is 0 Å². The number of hydrogen-bond donors (Lipinski definition) is 2. The molecule has 0 aromatic rings. The van der Waals surface area contributed by atoms with Crippen molar-refractivity contribution in [3.63, 3.8) is 0 Å². The molecule has 3 unspecified atom stereocenters. The Bertz CT molecular complexity index is 389. The zero-order chi connectivity index (χ0) is 15.9. The highest BCUT2D eigenvalue weighted by atomic mass is 16.5. The first-order valence-corrected chi connectivity index (χ1v) is 8.46. The van der Waals surface area contributed by atoms with E-state index in [9.17, 15) is 9.59 Å². The van der Waals surface area contributed by atoms with Crippen LogP contribution in [0.4, 0.5) is 0 Å². The monoisotopic (exact) mass is 311 g/mol. The molecule has 1 aliphatic heterocycles. The van der Waals surface area contributed by atoms with E-state index in [-0.39, 0.29) is 17.7 Å². The van der Waals surface area contributed by atoms with Crippen molar-refractivity contribution in [2.45, 2.75) is 45.1 Å². The summed E-state index contributed by atoms with van der Waals surface area (Å²) in [5, 5.41) is 2.89. The maximum atomic E-state index is 11.9. The van der Waals surface area contributed by atoms with Crippen LogP contribution in [0.15, 0.2) is 0 Å². The number of amides is 2. The van der Waals surface area contributed by atoms with Crippen molar-refractivity contribution in [3.8, 4) is 0 Å². The molecule has 2 amide bonds. The summed E-state index contributed by atoms with van der Waals surface area (Å²) in [6.45, 7) is 5.06. The molecule has 1 heterocycles. The van der Waals surface area contributed by atoms with Crippen LogP contribution in [0.3, 0.4) is 0 Å². The fraction of sp³-hybridized carbons (Fsp3) is 0.875. The zero-order valence-corrected chi connectivity index (χ0v) is 13.6. The Hall–Kier alpha value is -1.14. The molecule has 2 rings (SSSR count). The Balaban J connectivity index is 1.55. The van der Waals surface area contributed by atoms with Gasteiger partial charge in [-0.2, -0.15) is 0 Å². The van der Waals surface area contributed by atoms with Gasteiger partial charge in [-0.15, -0.1) is 0 Å². The minimum Gasteiger partial charge on any atom is -0.376 e. The van der Waals surface area contributed by atoms with Gasteiger partial charge in [0.25, 0.3) is 0 Å². The van der Waals surface area contributed by atoms with Gasteiger partial charge < -0.3 is 15.8 Å². The maximum absolute atomic E-state index is 11.9. The van der Waals surface area contributed by atoms with Gasteiger partial charge in [0.15, 0.2) is 0 Å². The third-order valence-corrected chi connectivity index (χ3v) is 4.83. The van der Waals surface area contributed by atoms with E-state index < -0.39 is 0 Å². The van der Waals surface area contributed by atoms with Gasteiger partial charge in [-0.1, -0.05) is 19.8 Å². The number of primary amides is 1. The molecule has 126 valence electrons. The SMILES string of the molecule is CC1CCCCC1OCCNC(=O)CN1CCC(C(N)=O)C1. The van der Waals surface area contributed by atoms with Crippen LogP contribution in [0.2, 0.25) is 0 Å². The van der Waals surface area contributed by atoms with Crippen LogP contribution in [0, 0.1) is 11.8 Å². The first-order chi connectivity index (χ1) is 10.6. The summed E-state index contributed by atoms with van der Waals surface area (Å²) in [6.07, 6.45) is 6.04. The lowest BCUT2D eigenvalue weighted by molar-refractivity contribution is -0.124. The van der Waals surface area contributed by atoms with Crippen LogP contribution in [0.5, 0.6) is 0 Å². The number of likely N-dealkylation sites (tertiary alicyclic amines) is 1. The van der Waals surface area contributed by atoms with Crippen molar-refractivity contribution in [1.82, 2.24) is 10.2 Å². The van der Waals surface area contributed by atoms with E-state index in [2.05, 4.69) is 12.2 Å². The second-order valence-corrected chi connectivity index (χ2v) is 6.64. The Morgan fingerprint density at radius 2 is 2.05 bits per heavy atom. The predicted octanol–water partition coefficient (Wildman–Crippen LogP) is 0.505. The van der Waals surface area contributed by atoms with E-state index in [1.165, 1.54) is 19.3 Å². The molecule has 3 N–H and O–H groups in total. The fourth-order valence-corrected chi connectivity index (χ4v) is 3.40. The average molecular weight is 311 g/mol. The molecule has 1 aliphatic carbocycles. The number of nitrogens with two attached hydrogens (primary N) is 1. The quantitative estimate of drug-likeness (QED) is 0.671. The number of rotatable bonds is 7. The summed E-state index contributed by atoms with van der Waals surface area (Å²) in [7, 11) is 0. The standard InChI is InChI=1S/C16H29N3O3/c1-12-4-2-3-5-14(12)22-9-7-18-15(20)11-19-8-6-13(10-19)16(17)21/h12-14H,2-11H2,1H3,(H2,17,21)(H,18,20). The molecule has 3 atom stereocenters. The Kier molecular flexibility index (Phi) is 6.64. The number of nitrogens with zero attached hydrogens (tertiary/aromatic N) is 1. The Labute approximate surface area is 132 Å². The molecule has 0 aromatic heterocycles. The summed E-state index contributed by atoms with van der Waals surface area (Å²) in [5.41, 5.74) is 5.29. The van der Waals surface area contributed by atoms with E-state index in [4.69, 9.17) is 10.5 Å². The van der Waals surface area contributed by atoms with Crippen molar-refractivity contribution < 1.29 is 14.3 Å². The largest absolute Gasteiger partial charge is 0.376 e. The number of carbonyl (C=O) groups excluding carboxylic acids is 2. The van der Waals surface area contributed by atoms with Gasteiger partial charge in [-0.25, -0.2) is 0 Å². The molecule has 2 aliphatic rings. The lowest BCUT2D eigenvalue weighted by atomic mass is 9.88. The van der Waals surface area contributed by atoms with E-state index in [0.29, 0.717) is 38.3 Å². The van der Waals surface area contributed by atoms with Gasteiger partial charge in [0.1, 0.15) is 0 Å². The number of ether oxygens (including phenoxy) is 1. The first-order valence-electron chi connectivity index (χ1n) is 8.46. The summed E-state index contributed by atoms with van der Waals surface area (Å²) in [4.78, 5) is 24.9. The van der Waals surface area contributed by atoms with Gasteiger partial charge >= 0.3 is 0 Å². The highest BCUT2D eigenvalue weighted by molar-refractivity contribution is 5.79. The van der Waals surface area contributed by atoms with Crippen molar-refractivity contribution in [3.05, 3.63) is 0 Å². The summed E-state index contributed by atoms with van der Waals surface area (Å²) >= 11 is 0. The van der Waals surface area contributed by atoms with E-state index >= 15 is 0 Å². The summed E-state index contributed by atoms with van der Waals surface area (Å²) < 4.78 is 5.87. The molecule has 6 heteroatoms. The molecule has 1 saturated heterocycles. The normalized spacial score (nSPS) is 29.4. The number of hydrogen-bond acceptors (Lipinski definition) is 4. The highest BCUT2D eigenvalue weighted by Crippen LogP contribution is 2.25. The highest BCUT2D eigenvalue weighted by Gasteiger charge is 2.27. The lowest BCUT2D eigenvalue weighted by Gasteiger charge is -2.28. The minimum atomic E-state index is -0.266. The van der Waals surface area contributed by atoms with Gasteiger partial charge in [-0.05, 0) is 31.7 Å². The smallest absolute Gasteiger partial charge is 0.234 e. The van der Waals surface area contributed by atoms with Crippen LogP contribution in [0.25, 0.3) is 0 Å². The van der Waals surface area contributed by atoms with Gasteiger partial charge in [-0.3, -0.25) is 14.5 Å². The summed E-state index contributed by atoms with van der Waals surface area (Å²) in [5.74, 6) is 0.243. The molecule has 0 bridgehead atoms. The third kappa shape index (κ3) is 5.25. The second kappa shape index (κ2) is 8.48. The Morgan fingerprint density at radius 1 is 1.27 bits per heavy atom. The lowest BCUT2D eigenvalue weighted by Crippen LogP contribution is -2.39. The average Bonchev–Trinajstić information content (AvgIpc) is 2.94. The topological polar surface area (TPSA) is 84.7 Å². The predicted molar refractivity (Wildman–Crippen MR) is 84.1 cm³/mol. The van der Waals surface area contributed by atoms with E-state index in [1.54, 1.807) is 0 Å². The maximum Gasteiger partial charge on any atom is 0.234 e. The number of carbonyl (C=O) groups is 2. The van der Waals surface area contributed by atoms with Crippen molar-refractivity contribution in [1.29, 1.82) is 0 Å². The van der Waals surface area contributed by atoms with Gasteiger partial charge in [0, 0.05) is 13.1 Å². The van der Waals surface area contributed by atoms with Crippen LogP contribution < -0.4 is 11.1 Å². The van der Waals surface area contributed by atoms with E-state index in [1.807, 2.05) is 4.90 Å². The van der Waals surface area contributed by atoms with Crippen LogP contribution in [-0.2, 0) is 14.3 Å². The van der Waals surface area contributed by atoms with Crippen LogP contribution in [0.1, 0.15) is 39.0 Å². The third-order valence-electron chi connectivity index (χ3n) is 4.83. The molecular formula is C16H29N3O3. The molecular weight excluding hydrogens is 282 g/mol. The molecule has 0 spiro atoms. The Morgan fingerprint density at radius 3 is 2.73 bits per heavy atom. The molecule has 22 heavy (non-hydrogen) atoms. The van der Waals surface area contributed by atoms with Gasteiger partial charge in [0.2, 0.25) is 11.8 Å². The molecule has 0 radical (unpaired) electrons. The van der Waals surface area contributed by atoms with Crippen molar-refractivity contribution in [2.75, 3.05) is 32.8 Å². The molecule has 0 aromatic carbocycles. The van der Waals surface area contributed by atoms with Gasteiger partial charge in [0.05, 0.1) is 25.2 Å². The second-order valence-electron chi connectivity index (χ2n) is 6.64. The molecule has 2 fully saturated rings. The number of nitrogens with one attached hydrogen (secondary N) is 1. The van der Waals surface area contributed by atoms with Crippen molar-refractivity contribution >= 4 is 11.8 Å². The molecule has 1 saturated carbocycles. The first kappa shape index (κ1) is 17.2. The van der Waals surface area contributed by atoms with Crippen molar-refractivity contribution in [2.24, 2.45) is 17.6 Å². The fourth-order valence-electron chi connectivity index (χ4n) is 3.40. The zero-order valence-electron chi connectivity index (χ0n) is 13.6. The molecule has 6 nitrogen and oxygen atoms in total.